The van der Waals surface area contributed by atoms with Crippen LogP contribution < -0.4 is 16.0 Å². The van der Waals surface area contributed by atoms with Crippen molar-refractivity contribution >= 4 is 40.8 Å². The van der Waals surface area contributed by atoms with Gasteiger partial charge in [0.25, 0.3) is 5.91 Å². The van der Waals surface area contributed by atoms with E-state index in [2.05, 4.69) is 46.8 Å². The van der Waals surface area contributed by atoms with Gasteiger partial charge in [0.05, 0.1) is 17.8 Å². The molecule has 1 aromatic carbocycles. The zero-order valence-electron chi connectivity index (χ0n) is 27.7. The van der Waals surface area contributed by atoms with E-state index < -0.39 is 29.4 Å². The standard InChI is InChI=1S/C35H50ClN5O5/c1-5-9-26(31(43)33(45)37-25-14-15-25)38-32(44)28-19-35(18-27(40-46-35)23-12-8-13-24(36)17-23)21-41(28)20-29(34(2,3)4)39-30(42)16-22-10-6-7-11-22/h8,12-13,17,22,25-26,28-29H,5-7,9-11,14-16,18-21H2,1-4H3,(H,37,45)(H,38,44)(H,39,42)/t26-,28-,29+,35+/m0/s1. The summed E-state index contributed by atoms with van der Waals surface area (Å²) in [4.78, 5) is 61.3. The summed E-state index contributed by atoms with van der Waals surface area (Å²) >= 11 is 6.26. The molecule has 2 aliphatic carbocycles. The zero-order chi connectivity index (χ0) is 33.1. The van der Waals surface area contributed by atoms with Crippen LogP contribution in [0.4, 0.5) is 0 Å². The van der Waals surface area contributed by atoms with Gasteiger partial charge >= 0.3 is 0 Å². The van der Waals surface area contributed by atoms with E-state index in [1.807, 2.05) is 25.1 Å². The summed E-state index contributed by atoms with van der Waals surface area (Å²) < 4.78 is 0. The molecule has 1 spiro atoms. The minimum atomic E-state index is -0.915. The minimum Gasteiger partial charge on any atom is -0.387 e. The van der Waals surface area contributed by atoms with Crippen LogP contribution in [0.2, 0.25) is 5.02 Å². The van der Waals surface area contributed by atoms with Gasteiger partial charge < -0.3 is 20.8 Å². The van der Waals surface area contributed by atoms with Crippen molar-refractivity contribution in [3.05, 3.63) is 34.9 Å². The Morgan fingerprint density at radius 2 is 1.85 bits per heavy atom. The number of nitrogens with zero attached hydrogens (tertiary/aromatic N) is 2. The molecule has 2 aliphatic heterocycles. The van der Waals surface area contributed by atoms with Gasteiger partial charge in [0, 0.05) is 55.0 Å². The first-order chi connectivity index (χ1) is 21.9. The summed E-state index contributed by atoms with van der Waals surface area (Å²) in [6, 6.07) is 5.71. The number of carbonyl (C=O) groups excluding carboxylic acids is 4. The third-order valence-electron chi connectivity index (χ3n) is 9.89. The van der Waals surface area contributed by atoms with Gasteiger partial charge in [-0.25, -0.2) is 0 Å². The second kappa shape index (κ2) is 14.4. The maximum atomic E-state index is 14.1. The Morgan fingerprint density at radius 1 is 1.11 bits per heavy atom. The number of oxime groups is 1. The lowest BCUT2D eigenvalue weighted by Gasteiger charge is -2.36. The van der Waals surface area contributed by atoms with Crippen molar-refractivity contribution in [2.24, 2.45) is 16.5 Å². The quantitative estimate of drug-likeness (QED) is 0.268. The molecule has 3 fully saturated rings. The lowest BCUT2D eigenvalue weighted by molar-refractivity contribution is -0.140. The normalized spacial score (nSPS) is 24.7. The van der Waals surface area contributed by atoms with Gasteiger partial charge in [0.2, 0.25) is 17.6 Å². The second-order valence-corrected chi connectivity index (χ2v) is 15.4. The van der Waals surface area contributed by atoms with Crippen LogP contribution in [0.25, 0.3) is 0 Å². The molecule has 4 aliphatic rings. The van der Waals surface area contributed by atoms with Crippen molar-refractivity contribution in [1.29, 1.82) is 0 Å². The van der Waals surface area contributed by atoms with Crippen LogP contribution in [0.3, 0.4) is 0 Å². The predicted octanol–water partition coefficient (Wildman–Crippen LogP) is 4.52. The van der Waals surface area contributed by atoms with Crippen LogP contribution in [0, 0.1) is 11.3 Å². The smallest absolute Gasteiger partial charge is 0.289 e. The zero-order valence-corrected chi connectivity index (χ0v) is 28.5. The molecule has 0 aromatic heterocycles. The fourth-order valence-electron chi connectivity index (χ4n) is 6.98. The summed E-state index contributed by atoms with van der Waals surface area (Å²) in [5.41, 5.74) is 0.578. The van der Waals surface area contributed by atoms with E-state index in [4.69, 9.17) is 16.4 Å². The average molecular weight is 656 g/mol. The summed E-state index contributed by atoms with van der Waals surface area (Å²) in [5.74, 6) is -1.11. The van der Waals surface area contributed by atoms with Gasteiger partial charge in [0.15, 0.2) is 5.60 Å². The van der Waals surface area contributed by atoms with Gasteiger partial charge in [-0.2, -0.15) is 0 Å². The fourth-order valence-corrected chi connectivity index (χ4v) is 7.17. The molecule has 5 rings (SSSR count). The van der Waals surface area contributed by atoms with Crippen molar-refractivity contribution < 1.29 is 24.0 Å². The number of halogens is 1. The van der Waals surface area contributed by atoms with E-state index in [0.717, 1.165) is 37.0 Å². The molecule has 3 N–H and O–H groups in total. The third kappa shape index (κ3) is 8.68. The Balaban J connectivity index is 1.34. The van der Waals surface area contributed by atoms with Crippen LogP contribution in [0.15, 0.2) is 29.4 Å². The number of hydrogen-bond donors (Lipinski definition) is 3. The maximum absolute atomic E-state index is 14.1. The number of amides is 3. The van der Waals surface area contributed by atoms with Crippen LogP contribution in [0.5, 0.6) is 0 Å². The molecule has 0 bridgehead atoms. The van der Waals surface area contributed by atoms with Crippen LogP contribution in [-0.2, 0) is 24.0 Å². The summed E-state index contributed by atoms with van der Waals surface area (Å²) in [5, 5.41) is 14.0. The number of ketones is 1. The molecule has 0 unspecified atom stereocenters. The molecule has 2 saturated carbocycles. The van der Waals surface area contributed by atoms with Gasteiger partial charge in [-0.15, -0.1) is 0 Å². The van der Waals surface area contributed by atoms with Crippen molar-refractivity contribution in [2.75, 3.05) is 13.1 Å². The van der Waals surface area contributed by atoms with E-state index in [1.165, 1.54) is 12.8 Å². The number of likely N-dealkylation sites (tertiary alicyclic amines) is 1. The Labute approximate surface area is 277 Å². The average Bonchev–Trinajstić information content (AvgIpc) is 3.35. The molecule has 1 aromatic rings. The van der Waals surface area contributed by atoms with Gasteiger partial charge in [0.1, 0.15) is 0 Å². The third-order valence-corrected chi connectivity index (χ3v) is 10.1. The lowest BCUT2D eigenvalue weighted by Crippen LogP contribution is -2.56. The molecule has 3 amide bonds. The Bertz CT molecular complexity index is 1330. The number of rotatable bonds is 13. The van der Waals surface area contributed by atoms with Crippen LogP contribution in [-0.4, -0.2) is 77.0 Å². The lowest BCUT2D eigenvalue weighted by atomic mass is 9.85. The highest BCUT2D eigenvalue weighted by atomic mass is 35.5. The highest BCUT2D eigenvalue weighted by molar-refractivity contribution is 6.38. The van der Waals surface area contributed by atoms with E-state index in [-0.39, 0.29) is 29.3 Å². The number of hydrogen-bond acceptors (Lipinski definition) is 7. The van der Waals surface area contributed by atoms with Crippen molar-refractivity contribution in [1.82, 2.24) is 20.9 Å². The van der Waals surface area contributed by atoms with Crippen LogP contribution in [0.1, 0.15) is 104 Å². The molecule has 4 atom stereocenters. The minimum absolute atomic E-state index is 0.0423. The maximum Gasteiger partial charge on any atom is 0.289 e. The number of carbonyl (C=O) groups is 4. The molecule has 46 heavy (non-hydrogen) atoms. The molecule has 2 heterocycles. The van der Waals surface area contributed by atoms with E-state index in [0.29, 0.717) is 56.1 Å². The van der Waals surface area contributed by atoms with E-state index in [9.17, 15) is 19.2 Å². The number of benzene rings is 1. The second-order valence-electron chi connectivity index (χ2n) is 15.0. The Kier molecular flexibility index (Phi) is 10.8. The fraction of sp³-hybridized carbons (Fsp3) is 0.686. The van der Waals surface area contributed by atoms with E-state index in [1.54, 1.807) is 6.07 Å². The first-order valence-electron chi connectivity index (χ1n) is 17.1. The molecule has 252 valence electrons. The first kappa shape index (κ1) is 34.4. The van der Waals surface area contributed by atoms with Crippen molar-refractivity contribution in [2.45, 2.75) is 128 Å². The van der Waals surface area contributed by atoms with E-state index >= 15 is 0 Å². The SMILES string of the molecule is CCC[C@H](NC(=O)[C@@H]1C[C@]2(CC(c3cccc(Cl)c3)=NO2)CN1C[C@@H](NC(=O)CC1CCCC1)C(C)(C)C)C(=O)C(=O)NC1CC1. The first-order valence-corrected chi connectivity index (χ1v) is 17.4. The molecular weight excluding hydrogens is 606 g/mol. The summed E-state index contributed by atoms with van der Waals surface area (Å²) in [6.07, 6.45) is 8.62. The molecular formula is C35H50ClN5O5. The largest absolute Gasteiger partial charge is 0.387 e. The topological polar surface area (TPSA) is 129 Å². The summed E-state index contributed by atoms with van der Waals surface area (Å²) in [6.45, 7) is 9.04. The number of Topliss-reactive ketones (excluding diaryl/α,β-unsaturated/α-hetero) is 1. The molecule has 0 radical (unpaired) electrons. The Morgan fingerprint density at radius 3 is 2.50 bits per heavy atom. The molecule has 11 heteroatoms. The molecule has 10 nitrogen and oxygen atoms in total. The monoisotopic (exact) mass is 655 g/mol. The Hall–Kier alpha value is -2.98. The van der Waals surface area contributed by atoms with Gasteiger partial charge in [-0.05, 0) is 55.6 Å². The number of nitrogens with one attached hydrogen (secondary N) is 3. The molecule has 1 saturated heterocycles. The van der Waals surface area contributed by atoms with Crippen molar-refractivity contribution in [3.8, 4) is 0 Å². The van der Waals surface area contributed by atoms with Crippen LogP contribution >= 0.6 is 11.6 Å². The highest BCUT2D eigenvalue weighted by Gasteiger charge is 2.53. The predicted molar refractivity (Wildman–Crippen MR) is 177 cm³/mol. The van der Waals surface area contributed by atoms with Gasteiger partial charge in [-0.3, -0.25) is 24.1 Å². The highest BCUT2D eigenvalue weighted by Crippen LogP contribution is 2.40. The van der Waals surface area contributed by atoms with Gasteiger partial charge in [-0.1, -0.05) is 75.8 Å². The van der Waals surface area contributed by atoms with Crippen molar-refractivity contribution in [3.63, 3.8) is 0 Å². The summed E-state index contributed by atoms with van der Waals surface area (Å²) in [7, 11) is 0.